The van der Waals surface area contributed by atoms with E-state index in [-0.39, 0.29) is 12.2 Å². The molecule has 6 rings (SSSR count). The van der Waals surface area contributed by atoms with Crippen LogP contribution >= 0.6 is 0 Å². The standard InChI is InChI=1S/C36H30N2O4/c39-35(26-9-2-1-3-10-26)30-13-5-7-16-32(30)37-33(36(40)41)23-24-17-19-27(20-18-24)42-22-21-25-11-8-14-29-28-12-4-6-15-31(28)38-34(25)29/h1-20,33,37-38H,21-23H2,(H,40,41). The van der Waals surface area contributed by atoms with Crippen LogP contribution in [0.15, 0.2) is 121 Å². The van der Waals surface area contributed by atoms with Gasteiger partial charge < -0.3 is 20.1 Å². The Labute approximate surface area is 243 Å². The second-order valence-corrected chi connectivity index (χ2v) is 10.2. The molecule has 0 bridgehead atoms. The smallest absolute Gasteiger partial charge is 0.326 e. The molecule has 0 aliphatic heterocycles. The highest BCUT2D eigenvalue weighted by atomic mass is 16.5. The Bertz CT molecular complexity index is 1860. The van der Waals surface area contributed by atoms with Gasteiger partial charge in [0.15, 0.2) is 5.78 Å². The molecule has 1 heterocycles. The number of aliphatic carboxylic acids is 1. The molecule has 1 atom stereocenters. The number of nitrogens with one attached hydrogen (secondary N) is 2. The third kappa shape index (κ3) is 5.74. The van der Waals surface area contributed by atoms with Gasteiger partial charge in [-0.15, -0.1) is 0 Å². The molecule has 0 fully saturated rings. The first kappa shape index (κ1) is 26.8. The number of rotatable bonds is 11. The number of carbonyl (C=O) groups excluding carboxylic acids is 1. The van der Waals surface area contributed by atoms with Crippen LogP contribution in [0, 0.1) is 0 Å². The number of ether oxygens (including phenoxy) is 1. The molecule has 0 saturated carbocycles. The van der Waals surface area contributed by atoms with Gasteiger partial charge in [-0.1, -0.05) is 91.0 Å². The molecule has 6 heteroatoms. The lowest BCUT2D eigenvalue weighted by Gasteiger charge is -2.18. The van der Waals surface area contributed by atoms with E-state index in [4.69, 9.17) is 4.74 Å². The average Bonchev–Trinajstić information content (AvgIpc) is 3.41. The normalized spacial score (nSPS) is 11.8. The van der Waals surface area contributed by atoms with E-state index < -0.39 is 12.0 Å². The number of para-hydroxylation sites is 3. The minimum Gasteiger partial charge on any atom is -0.493 e. The number of benzene rings is 5. The van der Waals surface area contributed by atoms with E-state index >= 15 is 0 Å². The highest BCUT2D eigenvalue weighted by Gasteiger charge is 2.21. The van der Waals surface area contributed by atoms with E-state index in [9.17, 15) is 14.7 Å². The van der Waals surface area contributed by atoms with Gasteiger partial charge in [-0.25, -0.2) is 4.79 Å². The summed E-state index contributed by atoms with van der Waals surface area (Å²) in [4.78, 5) is 28.8. The van der Waals surface area contributed by atoms with E-state index in [0.717, 1.165) is 28.8 Å². The van der Waals surface area contributed by atoms with Crippen molar-refractivity contribution in [3.05, 3.63) is 144 Å². The van der Waals surface area contributed by atoms with Crippen molar-refractivity contribution in [3.8, 4) is 5.75 Å². The highest BCUT2D eigenvalue weighted by molar-refractivity contribution is 6.12. The van der Waals surface area contributed by atoms with Crippen LogP contribution in [0.5, 0.6) is 5.75 Å². The number of anilines is 1. The third-order valence-corrected chi connectivity index (χ3v) is 7.47. The predicted molar refractivity (Wildman–Crippen MR) is 167 cm³/mol. The van der Waals surface area contributed by atoms with Gasteiger partial charge in [-0.2, -0.15) is 0 Å². The van der Waals surface area contributed by atoms with Crippen LogP contribution in [0.25, 0.3) is 21.8 Å². The molecule has 6 nitrogen and oxygen atoms in total. The molecule has 1 aromatic heterocycles. The molecular formula is C36H30N2O4. The Kier molecular flexibility index (Phi) is 7.68. The number of aromatic amines is 1. The van der Waals surface area contributed by atoms with Gasteiger partial charge in [0.05, 0.1) is 6.61 Å². The summed E-state index contributed by atoms with van der Waals surface area (Å²) in [5, 5.41) is 15.5. The zero-order valence-corrected chi connectivity index (χ0v) is 22.9. The Morgan fingerprint density at radius 2 is 1.48 bits per heavy atom. The molecule has 3 N–H and O–H groups in total. The maximum atomic E-state index is 13.1. The van der Waals surface area contributed by atoms with E-state index in [1.54, 1.807) is 48.5 Å². The lowest BCUT2D eigenvalue weighted by Crippen LogP contribution is -2.32. The van der Waals surface area contributed by atoms with Crippen LogP contribution in [0.2, 0.25) is 0 Å². The number of carboxylic acid groups (broad SMARTS) is 1. The number of hydrogen-bond donors (Lipinski definition) is 3. The number of ketones is 1. The second kappa shape index (κ2) is 12.0. The molecule has 6 aromatic rings. The van der Waals surface area contributed by atoms with Gasteiger partial charge in [0, 0.05) is 51.5 Å². The van der Waals surface area contributed by atoms with Crippen molar-refractivity contribution in [1.29, 1.82) is 0 Å². The molecule has 0 amide bonds. The number of aromatic nitrogens is 1. The molecule has 0 aliphatic carbocycles. The Morgan fingerprint density at radius 1 is 0.762 bits per heavy atom. The van der Waals surface area contributed by atoms with Crippen molar-refractivity contribution >= 4 is 39.2 Å². The monoisotopic (exact) mass is 554 g/mol. The molecule has 5 aromatic carbocycles. The maximum absolute atomic E-state index is 13.1. The number of fused-ring (bicyclic) bond motifs is 3. The van der Waals surface area contributed by atoms with Crippen LogP contribution < -0.4 is 10.1 Å². The van der Waals surface area contributed by atoms with Crippen molar-refractivity contribution in [2.24, 2.45) is 0 Å². The number of H-pyrrole nitrogens is 1. The van der Waals surface area contributed by atoms with Crippen LogP contribution in [0.4, 0.5) is 5.69 Å². The first-order valence-corrected chi connectivity index (χ1v) is 13.9. The van der Waals surface area contributed by atoms with Crippen molar-refractivity contribution < 1.29 is 19.4 Å². The predicted octanol–water partition coefficient (Wildman–Crippen LogP) is 7.28. The molecule has 42 heavy (non-hydrogen) atoms. The average molecular weight is 555 g/mol. The second-order valence-electron chi connectivity index (χ2n) is 10.2. The summed E-state index contributed by atoms with van der Waals surface area (Å²) in [5.74, 6) is -0.435. The fourth-order valence-corrected chi connectivity index (χ4v) is 5.32. The number of carboxylic acids is 1. The van der Waals surface area contributed by atoms with Crippen LogP contribution in [-0.2, 0) is 17.6 Å². The van der Waals surface area contributed by atoms with E-state index in [2.05, 4.69) is 46.7 Å². The Balaban J connectivity index is 1.10. The summed E-state index contributed by atoms with van der Waals surface area (Å²) >= 11 is 0. The molecule has 0 aliphatic rings. The summed E-state index contributed by atoms with van der Waals surface area (Å²) < 4.78 is 6.04. The van der Waals surface area contributed by atoms with Gasteiger partial charge in [0.1, 0.15) is 11.8 Å². The SMILES string of the molecule is O=C(c1ccccc1)c1ccccc1NC(Cc1ccc(OCCc2cccc3c2[nH]c2ccccc23)cc1)C(=O)O. The number of carbonyl (C=O) groups is 2. The lowest BCUT2D eigenvalue weighted by molar-refractivity contribution is -0.137. The summed E-state index contributed by atoms with van der Waals surface area (Å²) in [6, 6.07) is 37.2. The van der Waals surface area contributed by atoms with Crippen LogP contribution in [-0.4, -0.2) is 34.5 Å². The molecule has 1 unspecified atom stereocenters. The van der Waals surface area contributed by atoms with E-state index in [0.29, 0.717) is 23.4 Å². The Morgan fingerprint density at radius 3 is 2.29 bits per heavy atom. The van der Waals surface area contributed by atoms with Crippen molar-refractivity contribution in [3.63, 3.8) is 0 Å². The Hall–Kier alpha value is -5.36. The van der Waals surface area contributed by atoms with Gasteiger partial charge >= 0.3 is 5.97 Å². The van der Waals surface area contributed by atoms with Gasteiger partial charge in [-0.3, -0.25) is 4.79 Å². The van der Waals surface area contributed by atoms with Crippen LogP contribution in [0.1, 0.15) is 27.0 Å². The quantitative estimate of drug-likeness (QED) is 0.146. The third-order valence-electron chi connectivity index (χ3n) is 7.47. The topological polar surface area (TPSA) is 91.4 Å². The minimum atomic E-state index is -0.997. The van der Waals surface area contributed by atoms with Gasteiger partial charge in [0.25, 0.3) is 0 Å². The minimum absolute atomic E-state index is 0.162. The summed E-state index contributed by atoms with van der Waals surface area (Å²) in [6.07, 6.45) is 0.990. The van der Waals surface area contributed by atoms with Gasteiger partial charge in [0.2, 0.25) is 0 Å². The maximum Gasteiger partial charge on any atom is 0.326 e. The molecular weight excluding hydrogens is 524 g/mol. The van der Waals surface area contributed by atoms with Crippen LogP contribution in [0.3, 0.4) is 0 Å². The molecule has 0 spiro atoms. The van der Waals surface area contributed by atoms with E-state index in [1.165, 1.54) is 16.3 Å². The van der Waals surface area contributed by atoms with E-state index in [1.807, 2.05) is 36.4 Å². The summed E-state index contributed by atoms with van der Waals surface area (Å²) in [6.45, 7) is 0.513. The molecule has 0 saturated heterocycles. The first-order chi connectivity index (χ1) is 20.6. The van der Waals surface area contributed by atoms with Crippen molar-refractivity contribution in [2.45, 2.75) is 18.9 Å². The highest BCUT2D eigenvalue weighted by Crippen LogP contribution is 2.28. The summed E-state index contributed by atoms with van der Waals surface area (Å²) in [7, 11) is 0. The lowest BCUT2D eigenvalue weighted by atomic mass is 10.00. The fourth-order valence-electron chi connectivity index (χ4n) is 5.32. The largest absolute Gasteiger partial charge is 0.493 e. The first-order valence-electron chi connectivity index (χ1n) is 13.9. The molecule has 208 valence electrons. The molecule has 0 radical (unpaired) electrons. The van der Waals surface area contributed by atoms with Gasteiger partial charge in [-0.05, 0) is 41.5 Å². The fraction of sp³-hybridized carbons (Fsp3) is 0.111. The zero-order chi connectivity index (χ0) is 28.9. The van der Waals surface area contributed by atoms with Crippen molar-refractivity contribution in [1.82, 2.24) is 4.98 Å². The number of hydrogen-bond acceptors (Lipinski definition) is 4. The van der Waals surface area contributed by atoms with Crippen molar-refractivity contribution in [2.75, 3.05) is 11.9 Å². The zero-order valence-electron chi connectivity index (χ0n) is 22.9. The summed E-state index contributed by atoms with van der Waals surface area (Å²) in [5.41, 5.74) is 5.77.